The van der Waals surface area contributed by atoms with Crippen molar-refractivity contribution in [3.8, 4) is 0 Å². The van der Waals surface area contributed by atoms with Crippen molar-refractivity contribution < 1.29 is 4.79 Å². The van der Waals surface area contributed by atoms with E-state index in [2.05, 4.69) is 25.9 Å². The van der Waals surface area contributed by atoms with Crippen LogP contribution in [0.15, 0.2) is 12.4 Å². The number of H-pyrrole nitrogens is 1. The number of nitrogens with one attached hydrogen (secondary N) is 3. The van der Waals surface area contributed by atoms with E-state index in [1.165, 1.54) is 5.56 Å². The van der Waals surface area contributed by atoms with Crippen LogP contribution in [0.3, 0.4) is 0 Å². The van der Waals surface area contributed by atoms with Crippen LogP contribution in [-0.2, 0) is 13.5 Å². The predicted octanol–water partition coefficient (Wildman–Crippen LogP) is 1.42. The molecule has 0 radical (unpaired) electrons. The Hall–Kier alpha value is -2.15. The summed E-state index contributed by atoms with van der Waals surface area (Å²) in [7, 11) is 1.88. The van der Waals surface area contributed by atoms with Gasteiger partial charge in [0.15, 0.2) is 0 Å². The van der Waals surface area contributed by atoms with Gasteiger partial charge in [-0.1, -0.05) is 0 Å². The summed E-state index contributed by atoms with van der Waals surface area (Å²) in [6, 6.07) is 0.0151. The van der Waals surface area contributed by atoms with Gasteiger partial charge in [0.1, 0.15) is 0 Å². The van der Waals surface area contributed by atoms with E-state index in [1.54, 1.807) is 4.68 Å². The highest BCUT2D eigenvalue weighted by Gasteiger charge is 2.28. The molecule has 2 atom stereocenters. The molecular formula is C17H24N6O. The minimum absolute atomic E-state index is 0.0151. The lowest BCUT2D eigenvalue weighted by Gasteiger charge is -2.24. The molecule has 1 saturated heterocycles. The number of fused-ring (bicyclic) bond motifs is 1. The van der Waals surface area contributed by atoms with Crippen LogP contribution in [0.25, 0.3) is 0 Å². The maximum atomic E-state index is 12.9. The number of aryl methyl sites for hydroxylation is 2. The summed E-state index contributed by atoms with van der Waals surface area (Å²) in [5.74, 6) is 0.283. The second-order valence-electron chi connectivity index (χ2n) is 6.87. The normalized spacial score (nSPS) is 23.7. The number of nitrogens with zero attached hydrogens (tertiary/aromatic N) is 3. The number of hydrogen-bond acceptors (Lipinski definition) is 4. The number of aromatic amines is 1. The second-order valence-corrected chi connectivity index (χ2v) is 6.87. The first-order chi connectivity index (χ1) is 11.7. The number of amides is 1. The van der Waals surface area contributed by atoms with E-state index in [9.17, 15) is 4.79 Å². The molecule has 0 aromatic carbocycles. The van der Waals surface area contributed by atoms with Crippen LogP contribution in [0, 0.1) is 0 Å². The van der Waals surface area contributed by atoms with Crippen LogP contribution in [0.4, 0.5) is 0 Å². The van der Waals surface area contributed by atoms with Gasteiger partial charge in [0, 0.05) is 25.7 Å². The molecule has 1 aliphatic carbocycles. The van der Waals surface area contributed by atoms with E-state index in [4.69, 9.17) is 0 Å². The van der Waals surface area contributed by atoms with Gasteiger partial charge in [-0.2, -0.15) is 10.2 Å². The summed E-state index contributed by atoms with van der Waals surface area (Å²) < 4.78 is 1.75. The van der Waals surface area contributed by atoms with Crippen molar-refractivity contribution in [1.29, 1.82) is 0 Å². The summed E-state index contributed by atoms with van der Waals surface area (Å²) in [6.45, 7) is 1.95. The molecule has 0 bridgehead atoms. The maximum absolute atomic E-state index is 12.9. The lowest BCUT2D eigenvalue weighted by molar-refractivity contribution is 0.0930. The number of carbonyl (C=O) groups excluding carboxylic acids is 1. The number of aromatic nitrogens is 4. The maximum Gasteiger partial charge on any atom is 0.255 e. The summed E-state index contributed by atoms with van der Waals surface area (Å²) in [6.07, 6.45) is 8.98. The van der Waals surface area contributed by atoms with Crippen molar-refractivity contribution in [2.45, 2.75) is 44.1 Å². The molecule has 1 amide bonds. The fourth-order valence-electron chi connectivity index (χ4n) is 3.91. The molecule has 1 aliphatic heterocycles. The number of hydrogen-bond donors (Lipinski definition) is 3. The first-order valence-electron chi connectivity index (χ1n) is 8.79. The lowest BCUT2D eigenvalue weighted by Crippen LogP contribution is -2.33. The molecule has 7 heteroatoms. The third-order valence-corrected chi connectivity index (χ3v) is 5.13. The van der Waals surface area contributed by atoms with Crippen LogP contribution < -0.4 is 10.6 Å². The Bertz CT molecular complexity index is 727. The standard InChI is InChI=1S/C17H24N6O/c1-23-10-13(15(22-23)11-5-3-7-18-8-11)17(24)20-14-6-2-4-12-9-19-21-16(12)14/h9-11,14,18H,2-8H2,1H3,(H,19,21)(H,20,24). The van der Waals surface area contributed by atoms with Gasteiger partial charge in [-0.15, -0.1) is 0 Å². The number of carbonyl (C=O) groups is 1. The van der Waals surface area contributed by atoms with Gasteiger partial charge in [0.25, 0.3) is 5.91 Å². The molecule has 3 heterocycles. The van der Waals surface area contributed by atoms with Crippen molar-refractivity contribution in [3.63, 3.8) is 0 Å². The summed E-state index contributed by atoms with van der Waals surface area (Å²) in [5.41, 5.74) is 3.90. The third kappa shape index (κ3) is 2.84. The van der Waals surface area contributed by atoms with E-state index in [0.717, 1.165) is 56.6 Å². The molecule has 2 aromatic heterocycles. The highest BCUT2D eigenvalue weighted by Crippen LogP contribution is 2.29. The molecule has 24 heavy (non-hydrogen) atoms. The van der Waals surface area contributed by atoms with Gasteiger partial charge in [-0.3, -0.25) is 14.6 Å². The van der Waals surface area contributed by atoms with Crippen molar-refractivity contribution >= 4 is 5.91 Å². The van der Waals surface area contributed by atoms with Crippen LogP contribution in [0.1, 0.15) is 65.0 Å². The van der Waals surface area contributed by atoms with Gasteiger partial charge in [-0.05, 0) is 44.2 Å². The molecule has 1 fully saturated rings. The Morgan fingerprint density at radius 1 is 1.38 bits per heavy atom. The minimum atomic E-state index is -0.0314. The Morgan fingerprint density at radius 3 is 3.12 bits per heavy atom. The summed E-state index contributed by atoms with van der Waals surface area (Å²) >= 11 is 0. The van der Waals surface area contributed by atoms with Crippen molar-refractivity contribution in [1.82, 2.24) is 30.6 Å². The number of piperidine rings is 1. The fourth-order valence-corrected chi connectivity index (χ4v) is 3.91. The van der Waals surface area contributed by atoms with Crippen molar-refractivity contribution in [3.05, 3.63) is 34.9 Å². The molecule has 2 unspecified atom stereocenters. The van der Waals surface area contributed by atoms with Gasteiger partial charge in [0.05, 0.1) is 29.2 Å². The average molecular weight is 328 g/mol. The smallest absolute Gasteiger partial charge is 0.255 e. The number of rotatable bonds is 3. The average Bonchev–Trinajstić information content (AvgIpc) is 3.22. The largest absolute Gasteiger partial charge is 0.344 e. The van der Waals surface area contributed by atoms with E-state index in [1.807, 2.05) is 19.4 Å². The van der Waals surface area contributed by atoms with Gasteiger partial charge >= 0.3 is 0 Å². The highest BCUT2D eigenvalue weighted by atomic mass is 16.1. The van der Waals surface area contributed by atoms with E-state index < -0.39 is 0 Å². The summed E-state index contributed by atoms with van der Waals surface area (Å²) in [5, 5.41) is 18.4. The molecule has 4 rings (SSSR count). The fraction of sp³-hybridized carbons (Fsp3) is 0.588. The van der Waals surface area contributed by atoms with Crippen LogP contribution in [0.5, 0.6) is 0 Å². The Kier molecular flexibility index (Phi) is 4.10. The molecule has 128 valence electrons. The first-order valence-corrected chi connectivity index (χ1v) is 8.79. The molecule has 3 N–H and O–H groups in total. The van der Waals surface area contributed by atoms with Crippen molar-refractivity contribution in [2.75, 3.05) is 13.1 Å². The molecule has 7 nitrogen and oxygen atoms in total. The zero-order chi connectivity index (χ0) is 16.5. The van der Waals surface area contributed by atoms with Gasteiger partial charge < -0.3 is 10.6 Å². The molecule has 0 spiro atoms. The molecule has 2 aromatic rings. The SMILES string of the molecule is Cn1cc(C(=O)NC2CCCc3cn[nH]c32)c(C2CCCNC2)n1. The van der Waals surface area contributed by atoms with E-state index in [-0.39, 0.29) is 11.9 Å². The first kappa shape index (κ1) is 15.4. The Labute approximate surface area is 141 Å². The summed E-state index contributed by atoms with van der Waals surface area (Å²) in [4.78, 5) is 12.9. The quantitative estimate of drug-likeness (QED) is 0.795. The van der Waals surface area contributed by atoms with E-state index >= 15 is 0 Å². The molecule has 0 saturated carbocycles. The van der Waals surface area contributed by atoms with Crippen molar-refractivity contribution in [2.24, 2.45) is 7.05 Å². The van der Waals surface area contributed by atoms with Gasteiger partial charge in [0.2, 0.25) is 0 Å². The zero-order valence-electron chi connectivity index (χ0n) is 14.0. The third-order valence-electron chi connectivity index (χ3n) is 5.13. The second kappa shape index (κ2) is 6.39. The monoisotopic (exact) mass is 328 g/mol. The lowest BCUT2D eigenvalue weighted by atomic mass is 9.92. The van der Waals surface area contributed by atoms with Crippen LogP contribution >= 0.6 is 0 Å². The van der Waals surface area contributed by atoms with Gasteiger partial charge in [-0.25, -0.2) is 0 Å². The highest BCUT2D eigenvalue weighted by molar-refractivity contribution is 5.95. The molecule has 2 aliphatic rings. The Balaban J connectivity index is 1.55. The van der Waals surface area contributed by atoms with E-state index in [0.29, 0.717) is 11.5 Å². The Morgan fingerprint density at radius 2 is 2.29 bits per heavy atom. The minimum Gasteiger partial charge on any atom is -0.344 e. The predicted molar refractivity (Wildman–Crippen MR) is 89.8 cm³/mol. The zero-order valence-corrected chi connectivity index (χ0v) is 14.0. The van der Waals surface area contributed by atoms with Crippen LogP contribution in [0.2, 0.25) is 0 Å². The van der Waals surface area contributed by atoms with Crippen LogP contribution in [-0.4, -0.2) is 39.0 Å². The molecular weight excluding hydrogens is 304 g/mol. The topological polar surface area (TPSA) is 87.6 Å².